The van der Waals surface area contributed by atoms with Crippen LogP contribution in [0.3, 0.4) is 0 Å². The second-order valence-electron chi connectivity index (χ2n) is 5.99. The first-order valence-electron chi connectivity index (χ1n) is 8.03. The average molecular weight is 352 g/mol. The maximum absolute atomic E-state index is 12.0. The predicted molar refractivity (Wildman–Crippen MR) is 101 cm³/mol. The molecule has 1 heterocycles. The van der Waals surface area contributed by atoms with Gasteiger partial charge in [0.25, 0.3) is 0 Å². The van der Waals surface area contributed by atoms with Gasteiger partial charge in [-0.1, -0.05) is 37.6 Å². The fraction of sp³-hybridized carbons (Fsp3) is 0.150. The average Bonchev–Trinajstić information content (AvgIpc) is 2.62. The molecule has 0 saturated carbocycles. The molecule has 0 aliphatic rings. The van der Waals surface area contributed by atoms with Gasteiger partial charge in [0.1, 0.15) is 0 Å². The van der Waals surface area contributed by atoms with Crippen LogP contribution in [0.25, 0.3) is 11.3 Å². The Bertz CT molecular complexity index is 874. The van der Waals surface area contributed by atoms with Gasteiger partial charge in [-0.3, -0.25) is 4.79 Å². The lowest BCUT2D eigenvalue weighted by molar-refractivity contribution is 0.0939. The van der Waals surface area contributed by atoms with Gasteiger partial charge in [0.15, 0.2) is 5.78 Å². The molecule has 1 aromatic heterocycles. The molecular formula is C20H18ClN3O. The van der Waals surface area contributed by atoms with E-state index >= 15 is 0 Å². The van der Waals surface area contributed by atoms with Crippen molar-refractivity contribution in [3.05, 3.63) is 71.4 Å². The molecule has 126 valence electrons. The topological polar surface area (TPSA) is 54.9 Å². The number of nitrogens with one attached hydrogen (secondary N) is 1. The smallest absolute Gasteiger partial charge is 0.227 e. The van der Waals surface area contributed by atoms with Crippen LogP contribution in [-0.4, -0.2) is 15.8 Å². The Hall–Kier alpha value is -2.72. The highest BCUT2D eigenvalue weighted by atomic mass is 35.5. The summed E-state index contributed by atoms with van der Waals surface area (Å²) < 4.78 is 0. The van der Waals surface area contributed by atoms with Crippen LogP contribution in [0.15, 0.2) is 60.8 Å². The normalized spacial score (nSPS) is 10.7. The molecule has 0 saturated heterocycles. The van der Waals surface area contributed by atoms with Gasteiger partial charge < -0.3 is 5.32 Å². The van der Waals surface area contributed by atoms with Crippen molar-refractivity contribution in [2.75, 3.05) is 5.32 Å². The van der Waals surface area contributed by atoms with Crippen molar-refractivity contribution in [3.8, 4) is 11.3 Å². The Morgan fingerprint density at radius 3 is 2.32 bits per heavy atom. The molecule has 0 atom stereocenters. The maximum Gasteiger partial charge on any atom is 0.227 e. The minimum Gasteiger partial charge on any atom is -0.324 e. The van der Waals surface area contributed by atoms with E-state index in [9.17, 15) is 4.79 Å². The molecule has 0 aliphatic carbocycles. The second kappa shape index (κ2) is 7.45. The van der Waals surface area contributed by atoms with Gasteiger partial charge in [-0.15, -0.1) is 0 Å². The molecule has 0 radical (unpaired) electrons. The van der Waals surface area contributed by atoms with Gasteiger partial charge >= 0.3 is 0 Å². The Morgan fingerprint density at radius 1 is 1.00 bits per heavy atom. The van der Waals surface area contributed by atoms with E-state index in [1.165, 1.54) is 0 Å². The fourth-order valence-corrected chi connectivity index (χ4v) is 2.51. The highest BCUT2D eigenvalue weighted by molar-refractivity contribution is 6.30. The molecule has 5 heteroatoms. The van der Waals surface area contributed by atoms with Crippen LogP contribution in [0.1, 0.15) is 24.2 Å². The molecule has 0 bridgehead atoms. The molecule has 25 heavy (non-hydrogen) atoms. The molecule has 2 aromatic carbocycles. The summed E-state index contributed by atoms with van der Waals surface area (Å²) in [6, 6.07) is 16.7. The monoisotopic (exact) mass is 351 g/mol. The first kappa shape index (κ1) is 17.1. The number of rotatable bonds is 5. The zero-order valence-electron chi connectivity index (χ0n) is 14.0. The van der Waals surface area contributed by atoms with E-state index < -0.39 is 0 Å². The van der Waals surface area contributed by atoms with Crippen molar-refractivity contribution in [2.24, 2.45) is 5.92 Å². The zero-order valence-corrected chi connectivity index (χ0v) is 14.8. The molecule has 0 fully saturated rings. The Kier molecular flexibility index (Phi) is 5.10. The van der Waals surface area contributed by atoms with E-state index in [4.69, 9.17) is 11.6 Å². The number of anilines is 2. The van der Waals surface area contributed by atoms with Crippen LogP contribution >= 0.6 is 11.6 Å². The van der Waals surface area contributed by atoms with E-state index in [-0.39, 0.29) is 11.7 Å². The van der Waals surface area contributed by atoms with E-state index in [1.54, 1.807) is 6.20 Å². The number of Topliss-reactive ketones (excluding diaryl/α,β-unsaturated/α-hetero) is 1. The molecule has 1 N–H and O–H groups in total. The lowest BCUT2D eigenvalue weighted by Gasteiger charge is -2.08. The Balaban J connectivity index is 1.78. The molecule has 3 aromatic rings. The van der Waals surface area contributed by atoms with Crippen LogP contribution in [0.5, 0.6) is 0 Å². The van der Waals surface area contributed by atoms with E-state index in [2.05, 4.69) is 15.3 Å². The number of hydrogen-bond donors (Lipinski definition) is 1. The van der Waals surface area contributed by atoms with E-state index in [1.807, 2.05) is 68.4 Å². The standard InChI is InChI=1S/C20H18ClN3O/c1-13(2)19(25)15-5-9-17(10-6-15)23-20-22-12-11-18(24-20)14-3-7-16(21)8-4-14/h3-13H,1-2H3,(H,22,23,24). The van der Waals surface area contributed by atoms with Crippen molar-refractivity contribution in [1.82, 2.24) is 9.97 Å². The number of nitrogens with zero attached hydrogens (tertiary/aromatic N) is 2. The number of carbonyl (C=O) groups excluding carboxylic acids is 1. The van der Waals surface area contributed by atoms with Crippen LogP contribution in [0.2, 0.25) is 5.02 Å². The summed E-state index contributed by atoms with van der Waals surface area (Å²) in [5.74, 6) is 0.612. The van der Waals surface area contributed by atoms with Crippen LogP contribution < -0.4 is 5.32 Å². The number of benzene rings is 2. The van der Waals surface area contributed by atoms with Gasteiger partial charge in [0.05, 0.1) is 5.69 Å². The van der Waals surface area contributed by atoms with Gasteiger partial charge in [0, 0.05) is 34.0 Å². The summed E-state index contributed by atoms with van der Waals surface area (Å²) in [7, 11) is 0. The second-order valence-corrected chi connectivity index (χ2v) is 6.43. The lowest BCUT2D eigenvalue weighted by Crippen LogP contribution is -2.07. The molecule has 3 rings (SSSR count). The van der Waals surface area contributed by atoms with E-state index in [0.717, 1.165) is 16.9 Å². The molecular weight excluding hydrogens is 334 g/mol. The first-order valence-corrected chi connectivity index (χ1v) is 8.41. The number of hydrogen-bond acceptors (Lipinski definition) is 4. The quantitative estimate of drug-likeness (QED) is 0.627. The highest BCUT2D eigenvalue weighted by Gasteiger charge is 2.10. The molecule has 0 aliphatic heterocycles. The van der Waals surface area contributed by atoms with Crippen molar-refractivity contribution in [1.29, 1.82) is 0 Å². The predicted octanol–water partition coefficient (Wildman–Crippen LogP) is 5.38. The van der Waals surface area contributed by atoms with Gasteiger partial charge in [-0.2, -0.15) is 0 Å². The molecule has 0 amide bonds. The van der Waals surface area contributed by atoms with Crippen LogP contribution in [-0.2, 0) is 0 Å². The minimum atomic E-state index is -0.0156. The van der Waals surface area contributed by atoms with Gasteiger partial charge in [-0.05, 0) is 42.5 Å². The summed E-state index contributed by atoms with van der Waals surface area (Å²) in [5.41, 5.74) is 3.30. The summed E-state index contributed by atoms with van der Waals surface area (Å²) in [6.45, 7) is 3.79. The van der Waals surface area contributed by atoms with Crippen LogP contribution in [0.4, 0.5) is 11.6 Å². The summed E-state index contributed by atoms with van der Waals surface area (Å²) >= 11 is 5.92. The van der Waals surface area contributed by atoms with Crippen LogP contribution in [0, 0.1) is 5.92 Å². The first-order chi connectivity index (χ1) is 12.0. The molecule has 0 spiro atoms. The third kappa shape index (κ3) is 4.22. The zero-order chi connectivity index (χ0) is 17.8. The Labute approximate surface area is 151 Å². The number of ketones is 1. The van der Waals surface area contributed by atoms with Crippen molar-refractivity contribution in [2.45, 2.75) is 13.8 Å². The molecule has 4 nitrogen and oxygen atoms in total. The molecule has 0 unspecified atom stereocenters. The fourth-order valence-electron chi connectivity index (χ4n) is 2.38. The third-order valence-electron chi connectivity index (χ3n) is 3.75. The number of carbonyl (C=O) groups is 1. The van der Waals surface area contributed by atoms with Gasteiger partial charge in [-0.25, -0.2) is 9.97 Å². The maximum atomic E-state index is 12.0. The largest absolute Gasteiger partial charge is 0.324 e. The minimum absolute atomic E-state index is 0.0156. The Morgan fingerprint density at radius 2 is 1.68 bits per heavy atom. The van der Waals surface area contributed by atoms with Crippen molar-refractivity contribution >= 4 is 29.0 Å². The van der Waals surface area contributed by atoms with E-state index in [0.29, 0.717) is 16.5 Å². The summed E-state index contributed by atoms with van der Waals surface area (Å²) in [6.07, 6.45) is 1.70. The lowest BCUT2D eigenvalue weighted by atomic mass is 10.0. The highest BCUT2D eigenvalue weighted by Crippen LogP contribution is 2.22. The summed E-state index contributed by atoms with van der Waals surface area (Å²) in [5, 5.41) is 3.85. The number of halogens is 1. The summed E-state index contributed by atoms with van der Waals surface area (Å²) in [4.78, 5) is 20.8. The van der Waals surface area contributed by atoms with Crippen molar-refractivity contribution < 1.29 is 4.79 Å². The van der Waals surface area contributed by atoms with Gasteiger partial charge in [0.2, 0.25) is 5.95 Å². The third-order valence-corrected chi connectivity index (χ3v) is 4.00. The van der Waals surface area contributed by atoms with Crippen molar-refractivity contribution in [3.63, 3.8) is 0 Å². The number of aromatic nitrogens is 2. The SMILES string of the molecule is CC(C)C(=O)c1ccc(Nc2nccc(-c3ccc(Cl)cc3)n2)cc1.